The number of hydrogen-bond donors (Lipinski definition) is 2. The van der Waals surface area contributed by atoms with Crippen molar-refractivity contribution in [3.63, 3.8) is 0 Å². The summed E-state index contributed by atoms with van der Waals surface area (Å²) in [5.41, 5.74) is 3.44. The van der Waals surface area contributed by atoms with Crippen LogP contribution in [0.25, 0.3) is 0 Å². The van der Waals surface area contributed by atoms with Crippen molar-refractivity contribution in [2.75, 3.05) is 5.32 Å². The first-order valence-corrected chi connectivity index (χ1v) is 9.68. The van der Waals surface area contributed by atoms with Crippen LogP contribution in [-0.2, 0) is 6.54 Å². The molecule has 1 aromatic carbocycles. The second-order valence-corrected chi connectivity index (χ2v) is 10.5. The van der Waals surface area contributed by atoms with E-state index in [2.05, 4.69) is 59.4 Å². The Hall–Kier alpha value is -1.62. The molecule has 1 heterocycles. The van der Waals surface area contributed by atoms with Gasteiger partial charge in [-0.1, -0.05) is 37.8 Å². The molecule has 2 rings (SSSR count). The summed E-state index contributed by atoms with van der Waals surface area (Å²) in [6.07, 6.45) is 0. The van der Waals surface area contributed by atoms with Crippen LogP contribution >= 0.6 is 0 Å². The first-order valence-electron chi connectivity index (χ1n) is 6.18. The molecule has 0 spiro atoms. The molecule has 0 aliphatic rings. The Morgan fingerprint density at radius 1 is 1.17 bits per heavy atom. The summed E-state index contributed by atoms with van der Waals surface area (Å²) in [5, 5.41) is 15.9. The second-order valence-electron chi connectivity index (χ2n) is 5.54. The van der Waals surface area contributed by atoms with Gasteiger partial charge in [0.05, 0.1) is 11.9 Å². The number of aryl methyl sites for hydroxylation is 1. The first-order chi connectivity index (χ1) is 8.48. The molecule has 2 aromatic rings. The highest BCUT2D eigenvalue weighted by Crippen LogP contribution is 2.14. The summed E-state index contributed by atoms with van der Waals surface area (Å²) >= 11 is 0. The molecule has 0 aliphatic carbocycles. The molecular formula is C13H20N4Si. The van der Waals surface area contributed by atoms with Crippen LogP contribution < -0.4 is 10.6 Å². The maximum absolute atomic E-state index is 4.31. The second kappa shape index (κ2) is 4.94. The molecule has 96 valence electrons. The van der Waals surface area contributed by atoms with Crippen LogP contribution in [0.4, 0.5) is 5.69 Å². The van der Waals surface area contributed by atoms with E-state index in [1.807, 2.05) is 12.1 Å². The van der Waals surface area contributed by atoms with Crippen LogP contribution in [-0.4, -0.2) is 23.5 Å². The number of H-pyrrole nitrogens is 1. The van der Waals surface area contributed by atoms with E-state index in [0.717, 1.165) is 23.2 Å². The SMILES string of the molecule is Cc1ccccc1NCc1n[nH]nc1[Si](C)(C)C. The fraction of sp³-hybridized carbons (Fsp3) is 0.385. The summed E-state index contributed by atoms with van der Waals surface area (Å²) in [5.74, 6) is 0. The molecule has 0 bridgehead atoms. The Labute approximate surface area is 109 Å². The highest BCUT2D eigenvalue weighted by molar-refractivity contribution is 6.88. The van der Waals surface area contributed by atoms with Crippen molar-refractivity contribution in [1.29, 1.82) is 0 Å². The van der Waals surface area contributed by atoms with Gasteiger partial charge in [0, 0.05) is 5.69 Å². The summed E-state index contributed by atoms with van der Waals surface area (Å²) in [7, 11) is -1.42. The van der Waals surface area contributed by atoms with E-state index < -0.39 is 8.07 Å². The van der Waals surface area contributed by atoms with Gasteiger partial charge in [0.15, 0.2) is 0 Å². The van der Waals surface area contributed by atoms with Gasteiger partial charge in [0.25, 0.3) is 0 Å². The molecule has 5 heteroatoms. The molecule has 4 nitrogen and oxygen atoms in total. The molecule has 2 N–H and O–H groups in total. The quantitative estimate of drug-likeness (QED) is 0.829. The lowest BCUT2D eigenvalue weighted by molar-refractivity contribution is 0.911. The molecule has 0 amide bonds. The highest BCUT2D eigenvalue weighted by Gasteiger charge is 2.24. The number of nitrogens with zero attached hydrogens (tertiary/aromatic N) is 2. The van der Waals surface area contributed by atoms with Crippen LogP contribution in [0.15, 0.2) is 24.3 Å². The summed E-state index contributed by atoms with van der Waals surface area (Å²) in [6, 6.07) is 8.27. The fourth-order valence-electron chi connectivity index (χ4n) is 1.93. The predicted molar refractivity (Wildman–Crippen MR) is 77.9 cm³/mol. The van der Waals surface area contributed by atoms with Crippen LogP contribution in [0.2, 0.25) is 19.6 Å². The molecule has 0 fully saturated rings. The summed E-state index contributed by atoms with van der Waals surface area (Å²) < 4.78 is 0. The molecule has 0 radical (unpaired) electrons. The van der Waals surface area contributed by atoms with Gasteiger partial charge < -0.3 is 5.32 Å². The number of benzene rings is 1. The largest absolute Gasteiger partial charge is 0.379 e. The lowest BCUT2D eigenvalue weighted by atomic mass is 10.2. The van der Waals surface area contributed by atoms with Crippen LogP contribution in [0.3, 0.4) is 0 Å². The maximum Gasteiger partial charge on any atom is 0.106 e. The number of para-hydroxylation sites is 1. The predicted octanol–water partition coefficient (Wildman–Crippen LogP) is 2.27. The minimum Gasteiger partial charge on any atom is -0.379 e. The smallest absolute Gasteiger partial charge is 0.106 e. The number of nitrogens with one attached hydrogen (secondary N) is 2. The van der Waals surface area contributed by atoms with Crippen molar-refractivity contribution in [3.05, 3.63) is 35.5 Å². The molecule has 1 aromatic heterocycles. The van der Waals surface area contributed by atoms with Crippen molar-refractivity contribution >= 4 is 19.1 Å². The van der Waals surface area contributed by atoms with E-state index in [1.54, 1.807) is 0 Å². The molecule has 0 aliphatic heterocycles. The normalized spacial score (nSPS) is 11.6. The van der Waals surface area contributed by atoms with Crippen LogP contribution in [0.1, 0.15) is 11.3 Å². The molecule has 0 unspecified atom stereocenters. The molecule has 0 saturated heterocycles. The monoisotopic (exact) mass is 260 g/mol. The number of anilines is 1. The number of aromatic nitrogens is 3. The Morgan fingerprint density at radius 2 is 1.89 bits per heavy atom. The topological polar surface area (TPSA) is 53.6 Å². The zero-order chi connectivity index (χ0) is 13.2. The maximum atomic E-state index is 4.31. The van der Waals surface area contributed by atoms with Gasteiger partial charge in [0.1, 0.15) is 13.8 Å². The summed E-state index contributed by atoms with van der Waals surface area (Å²) in [4.78, 5) is 0. The van der Waals surface area contributed by atoms with Crippen molar-refractivity contribution < 1.29 is 0 Å². The Bertz CT molecular complexity index is 528. The number of aromatic amines is 1. The van der Waals surface area contributed by atoms with E-state index in [-0.39, 0.29) is 0 Å². The molecule has 0 saturated carbocycles. The first kappa shape index (κ1) is 12.8. The van der Waals surface area contributed by atoms with E-state index >= 15 is 0 Å². The highest BCUT2D eigenvalue weighted by atomic mass is 28.3. The van der Waals surface area contributed by atoms with Gasteiger partial charge in [-0.2, -0.15) is 15.4 Å². The van der Waals surface area contributed by atoms with Gasteiger partial charge in [-0.15, -0.1) is 0 Å². The van der Waals surface area contributed by atoms with Gasteiger partial charge in [-0.05, 0) is 18.6 Å². The average Bonchev–Trinajstić information content (AvgIpc) is 2.76. The van der Waals surface area contributed by atoms with Crippen molar-refractivity contribution in [2.24, 2.45) is 0 Å². The van der Waals surface area contributed by atoms with E-state index in [0.29, 0.717) is 0 Å². The lowest BCUT2D eigenvalue weighted by Gasteiger charge is -2.14. The summed E-state index contributed by atoms with van der Waals surface area (Å²) in [6.45, 7) is 9.66. The van der Waals surface area contributed by atoms with Crippen molar-refractivity contribution in [2.45, 2.75) is 33.1 Å². The van der Waals surface area contributed by atoms with E-state index in [1.165, 1.54) is 5.56 Å². The lowest BCUT2D eigenvalue weighted by Crippen LogP contribution is -2.41. The third-order valence-corrected chi connectivity index (χ3v) is 4.74. The van der Waals surface area contributed by atoms with Gasteiger partial charge >= 0.3 is 0 Å². The zero-order valence-corrected chi connectivity index (χ0v) is 12.4. The van der Waals surface area contributed by atoms with Crippen LogP contribution in [0, 0.1) is 6.92 Å². The van der Waals surface area contributed by atoms with Gasteiger partial charge in [-0.3, -0.25) is 0 Å². The Balaban J connectivity index is 2.12. The fourth-order valence-corrected chi connectivity index (χ4v) is 3.32. The van der Waals surface area contributed by atoms with E-state index in [4.69, 9.17) is 0 Å². The van der Waals surface area contributed by atoms with Crippen LogP contribution in [0.5, 0.6) is 0 Å². The average molecular weight is 260 g/mol. The van der Waals surface area contributed by atoms with Crippen molar-refractivity contribution in [1.82, 2.24) is 15.4 Å². The van der Waals surface area contributed by atoms with Gasteiger partial charge in [-0.25, -0.2) is 0 Å². The molecular weight excluding hydrogens is 240 g/mol. The Morgan fingerprint density at radius 3 is 2.56 bits per heavy atom. The Kier molecular flexibility index (Phi) is 3.52. The third kappa shape index (κ3) is 2.79. The number of rotatable bonds is 4. The standard InChI is InChI=1S/C13H20N4Si/c1-10-7-5-6-8-11(10)14-9-12-13(16-17-15-12)18(2,3)4/h5-8,14H,9H2,1-4H3,(H,15,16,17). The third-order valence-electron chi connectivity index (χ3n) is 2.92. The van der Waals surface area contributed by atoms with E-state index in [9.17, 15) is 0 Å². The zero-order valence-electron chi connectivity index (χ0n) is 11.4. The van der Waals surface area contributed by atoms with Gasteiger partial charge in [0.2, 0.25) is 0 Å². The van der Waals surface area contributed by atoms with Crippen molar-refractivity contribution in [3.8, 4) is 0 Å². The molecule has 0 atom stereocenters. The number of hydrogen-bond acceptors (Lipinski definition) is 3. The minimum absolute atomic E-state index is 0.723. The minimum atomic E-state index is -1.42. The molecule has 18 heavy (non-hydrogen) atoms.